The number of aryl methyl sites for hydroxylation is 1. The minimum atomic E-state index is 1.15. The van der Waals surface area contributed by atoms with E-state index in [9.17, 15) is 0 Å². The third-order valence-electron chi connectivity index (χ3n) is 3.58. The minimum Gasteiger partial charge on any atom is -0.0836 e. The Balaban J connectivity index is 0.000000774. The van der Waals surface area contributed by atoms with E-state index in [0.29, 0.717) is 0 Å². The van der Waals surface area contributed by atoms with Crippen LogP contribution in [0.15, 0.2) is 66.8 Å². The van der Waals surface area contributed by atoms with Gasteiger partial charge in [-0.2, -0.15) is 0 Å². The fourth-order valence-electron chi connectivity index (χ4n) is 2.45. The highest BCUT2D eigenvalue weighted by atomic mass is 14.1. The maximum atomic E-state index is 2.33. The lowest BCUT2D eigenvalue weighted by Gasteiger charge is -2.09. The van der Waals surface area contributed by atoms with Crippen molar-refractivity contribution in [2.24, 2.45) is 0 Å². The van der Waals surface area contributed by atoms with Crippen LogP contribution in [0.5, 0.6) is 0 Å². The second-order valence-electron chi connectivity index (χ2n) is 5.09. The minimum absolute atomic E-state index is 1.15. The van der Waals surface area contributed by atoms with Gasteiger partial charge in [0.25, 0.3) is 0 Å². The zero-order chi connectivity index (χ0) is 15.1. The summed E-state index contributed by atoms with van der Waals surface area (Å²) in [5.74, 6) is 0. The molecule has 0 heterocycles. The molecule has 0 N–H and O–H groups in total. The van der Waals surface area contributed by atoms with E-state index in [-0.39, 0.29) is 0 Å². The first-order chi connectivity index (χ1) is 10.3. The molecule has 0 spiro atoms. The molecule has 0 fully saturated rings. The molecule has 1 aliphatic carbocycles. The molecule has 0 saturated heterocycles. The van der Waals surface area contributed by atoms with Gasteiger partial charge in [-0.25, -0.2) is 0 Å². The molecule has 2 aromatic rings. The van der Waals surface area contributed by atoms with Gasteiger partial charge >= 0.3 is 0 Å². The predicted octanol–water partition coefficient (Wildman–Crippen LogP) is 6.42. The first-order valence-corrected chi connectivity index (χ1v) is 7.87. The Morgan fingerprint density at radius 3 is 2.14 bits per heavy atom. The average Bonchev–Trinajstić information content (AvgIpc) is 2.58. The Labute approximate surface area is 128 Å². The van der Waals surface area contributed by atoms with E-state index in [1.807, 2.05) is 13.8 Å². The third-order valence-corrected chi connectivity index (χ3v) is 3.58. The van der Waals surface area contributed by atoms with Crippen LogP contribution in [-0.2, 0) is 0 Å². The van der Waals surface area contributed by atoms with Crippen molar-refractivity contribution in [1.82, 2.24) is 0 Å². The Morgan fingerprint density at radius 2 is 1.48 bits per heavy atom. The maximum absolute atomic E-state index is 2.33. The Hall–Kier alpha value is -2.08. The van der Waals surface area contributed by atoms with E-state index < -0.39 is 0 Å². The SMILES string of the molecule is CC.Cc1ccc(-c2cccc(C3=CCCC=C3)c2)cc1. The summed E-state index contributed by atoms with van der Waals surface area (Å²) in [6.07, 6.45) is 9.14. The molecule has 108 valence electrons. The van der Waals surface area contributed by atoms with Gasteiger partial charge in [-0.05, 0) is 48.1 Å². The highest BCUT2D eigenvalue weighted by molar-refractivity contribution is 5.78. The van der Waals surface area contributed by atoms with Gasteiger partial charge in [-0.15, -0.1) is 0 Å². The van der Waals surface area contributed by atoms with Crippen LogP contribution < -0.4 is 0 Å². The van der Waals surface area contributed by atoms with Crippen molar-refractivity contribution in [3.05, 3.63) is 77.9 Å². The van der Waals surface area contributed by atoms with E-state index >= 15 is 0 Å². The maximum Gasteiger partial charge on any atom is -0.0178 e. The molecule has 3 rings (SSSR count). The molecule has 21 heavy (non-hydrogen) atoms. The van der Waals surface area contributed by atoms with Crippen LogP contribution in [0.1, 0.15) is 37.8 Å². The van der Waals surface area contributed by atoms with E-state index in [1.165, 1.54) is 34.2 Å². The van der Waals surface area contributed by atoms with Crippen LogP contribution in [0.4, 0.5) is 0 Å². The summed E-state index contributed by atoms with van der Waals surface area (Å²) in [4.78, 5) is 0. The molecule has 0 aliphatic heterocycles. The summed E-state index contributed by atoms with van der Waals surface area (Å²) in [5.41, 5.74) is 6.54. The molecule has 0 heteroatoms. The van der Waals surface area contributed by atoms with E-state index in [1.54, 1.807) is 0 Å². The van der Waals surface area contributed by atoms with E-state index in [4.69, 9.17) is 0 Å². The average molecular weight is 276 g/mol. The summed E-state index contributed by atoms with van der Waals surface area (Å²) in [7, 11) is 0. The molecule has 2 aromatic carbocycles. The third kappa shape index (κ3) is 3.95. The monoisotopic (exact) mass is 276 g/mol. The van der Waals surface area contributed by atoms with E-state index in [2.05, 4.69) is 73.7 Å². The zero-order valence-electron chi connectivity index (χ0n) is 13.3. The summed E-state index contributed by atoms with van der Waals surface area (Å²) >= 11 is 0. The zero-order valence-corrected chi connectivity index (χ0v) is 13.3. The highest BCUT2D eigenvalue weighted by Crippen LogP contribution is 2.26. The molecule has 0 unspecified atom stereocenters. The fraction of sp³-hybridized carbons (Fsp3) is 0.238. The summed E-state index contributed by atoms with van der Waals surface area (Å²) in [5, 5.41) is 0. The number of allylic oxidation sites excluding steroid dienone is 4. The van der Waals surface area contributed by atoms with Crippen LogP contribution in [0, 0.1) is 6.92 Å². The lowest BCUT2D eigenvalue weighted by atomic mass is 9.96. The van der Waals surface area contributed by atoms with Crippen LogP contribution in [-0.4, -0.2) is 0 Å². The van der Waals surface area contributed by atoms with Gasteiger partial charge in [0.05, 0.1) is 0 Å². The molecular formula is C21H24. The lowest BCUT2D eigenvalue weighted by Crippen LogP contribution is -1.87. The molecule has 1 aliphatic rings. The van der Waals surface area contributed by atoms with Crippen LogP contribution in [0.3, 0.4) is 0 Å². The van der Waals surface area contributed by atoms with Gasteiger partial charge in [0, 0.05) is 0 Å². The van der Waals surface area contributed by atoms with Gasteiger partial charge in [0.1, 0.15) is 0 Å². The molecule has 0 bridgehead atoms. The van der Waals surface area contributed by atoms with Crippen LogP contribution in [0.25, 0.3) is 16.7 Å². The second-order valence-corrected chi connectivity index (χ2v) is 5.09. The Morgan fingerprint density at radius 1 is 0.762 bits per heavy atom. The molecule has 0 amide bonds. The molecule has 0 atom stereocenters. The van der Waals surface area contributed by atoms with Crippen molar-refractivity contribution in [1.29, 1.82) is 0 Å². The van der Waals surface area contributed by atoms with Crippen molar-refractivity contribution in [2.75, 3.05) is 0 Å². The smallest absolute Gasteiger partial charge is 0.0178 e. The Kier molecular flexibility index (Phi) is 5.57. The first-order valence-electron chi connectivity index (χ1n) is 7.87. The van der Waals surface area contributed by atoms with Crippen molar-refractivity contribution in [2.45, 2.75) is 33.6 Å². The quantitative estimate of drug-likeness (QED) is 0.593. The number of benzene rings is 2. The standard InChI is InChI=1S/C19H18.C2H6/c1-15-10-12-17(13-11-15)19-9-5-8-18(14-19)16-6-3-2-4-7-16;1-2/h3,5-14H,2,4H2,1H3;1-2H3. The van der Waals surface area contributed by atoms with Crippen molar-refractivity contribution in [3.8, 4) is 11.1 Å². The van der Waals surface area contributed by atoms with Gasteiger partial charge in [-0.3, -0.25) is 0 Å². The summed E-state index contributed by atoms with van der Waals surface area (Å²) in [6.45, 7) is 6.12. The number of rotatable bonds is 2. The van der Waals surface area contributed by atoms with Crippen LogP contribution >= 0.6 is 0 Å². The van der Waals surface area contributed by atoms with Gasteiger partial charge in [-0.1, -0.05) is 80.1 Å². The normalized spacial score (nSPS) is 13.2. The second kappa shape index (κ2) is 7.64. The molecular weight excluding hydrogens is 252 g/mol. The molecule has 0 aromatic heterocycles. The molecule has 0 nitrogen and oxygen atoms in total. The van der Waals surface area contributed by atoms with Crippen LogP contribution in [0.2, 0.25) is 0 Å². The largest absolute Gasteiger partial charge is 0.0836 e. The Bertz CT molecular complexity index is 627. The first kappa shape index (κ1) is 15.3. The number of hydrogen-bond acceptors (Lipinski definition) is 0. The fourth-order valence-corrected chi connectivity index (χ4v) is 2.45. The summed E-state index contributed by atoms with van der Waals surface area (Å²) < 4.78 is 0. The van der Waals surface area contributed by atoms with Crippen molar-refractivity contribution in [3.63, 3.8) is 0 Å². The summed E-state index contributed by atoms with van der Waals surface area (Å²) in [6, 6.07) is 17.5. The predicted molar refractivity (Wildman–Crippen MR) is 94.3 cm³/mol. The lowest BCUT2D eigenvalue weighted by molar-refractivity contribution is 1.04. The van der Waals surface area contributed by atoms with Gasteiger partial charge in [0.2, 0.25) is 0 Å². The molecule has 0 radical (unpaired) electrons. The van der Waals surface area contributed by atoms with Gasteiger partial charge in [0.15, 0.2) is 0 Å². The van der Waals surface area contributed by atoms with Crippen molar-refractivity contribution < 1.29 is 0 Å². The topological polar surface area (TPSA) is 0 Å². The number of hydrogen-bond donors (Lipinski definition) is 0. The highest BCUT2D eigenvalue weighted by Gasteiger charge is 2.03. The van der Waals surface area contributed by atoms with Crippen molar-refractivity contribution >= 4 is 5.57 Å². The molecule has 0 saturated carbocycles. The van der Waals surface area contributed by atoms with Gasteiger partial charge < -0.3 is 0 Å². The van der Waals surface area contributed by atoms with E-state index in [0.717, 1.165) is 6.42 Å².